The van der Waals surface area contributed by atoms with E-state index in [4.69, 9.17) is 17.3 Å². The monoisotopic (exact) mass is 525 g/mol. The summed E-state index contributed by atoms with van der Waals surface area (Å²) in [6, 6.07) is 21.6. The minimum absolute atomic E-state index is 0.134. The van der Waals surface area contributed by atoms with Gasteiger partial charge in [-0.1, -0.05) is 54.1 Å². The number of aliphatic imine (C=N–C) groups is 1. The number of hydrogen-bond donors (Lipinski definition) is 2. The number of nitrogens with zero attached hydrogens (tertiary/aromatic N) is 1. The van der Waals surface area contributed by atoms with Gasteiger partial charge in [0.25, 0.3) is 10.0 Å². The molecule has 8 heteroatoms. The molecule has 0 aliphatic carbocycles. The quantitative estimate of drug-likeness (QED) is 0.294. The van der Waals surface area contributed by atoms with Crippen molar-refractivity contribution in [3.63, 3.8) is 0 Å². The molecule has 3 N–H and O–H groups in total. The SMILES string of the molecule is NC(=NCc1ccc(-c2ccc(Cl)cc2)c(I)c1)NS(=O)(=O)c1ccccc1. The Bertz CT molecular complexity index is 1100. The van der Waals surface area contributed by atoms with E-state index in [2.05, 4.69) is 32.3 Å². The van der Waals surface area contributed by atoms with Gasteiger partial charge in [-0.3, -0.25) is 0 Å². The molecule has 0 heterocycles. The van der Waals surface area contributed by atoms with Gasteiger partial charge in [0.2, 0.25) is 5.96 Å². The lowest BCUT2D eigenvalue weighted by Crippen LogP contribution is -2.36. The summed E-state index contributed by atoms with van der Waals surface area (Å²) in [6.07, 6.45) is 0. The van der Waals surface area contributed by atoms with Crippen molar-refractivity contribution >= 4 is 50.2 Å². The Hall–Kier alpha value is -2.10. The molecule has 5 nitrogen and oxygen atoms in total. The molecule has 3 aromatic rings. The van der Waals surface area contributed by atoms with Crippen LogP contribution in [-0.4, -0.2) is 14.4 Å². The van der Waals surface area contributed by atoms with Crippen molar-refractivity contribution in [1.29, 1.82) is 0 Å². The van der Waals surface area contributed by atoms with Crippen LogP contribution < -0.4 is 10.5 Å². The second-order valence-electron chi connectivity index (χ2n) is 5.94. The number of rotatable bonds is 5. The van der Waals surface area contributed by atoms with Crippen molar-refractivity contribution in [3.05, 3.63) is 87.0 Å². The second kappa shape index (κ2) is 8.93. The van der Waals surface area contributed by atoms with E-state index < -0.39 is 10.0 Å². The predicted octanol–water partition coefficient (Wildman–Crippen LogP) is 4.40. The fourth-order valence-electron chi connectivity index (χ4n) is 2.53. The van der Waals surface area contributed by atoms with E-state index in [1.807, 2.05) is 42.5 Å². The van der Waals surface area contributed by atoms with E-state index >= 15 is 0 Å². The largest absolute Gasteiger partial charge is 0.369 e. The van der Waals surface area contributed by atoms with E-state index in [9.17, 15) is 8.42 Å². The number of hydrogen-bond acceptors (Lipinski definition) is 3. The van der Waals surface area contributed by atoms with Crippen molar-refractivity contribution in [2.75, 3.05) is 0 Å². The Balaban J connectivity index is 1.71. The van der Waals surface area contributed by atoms with Gasteiger partial charge >= 0.3 is 0 Å². The Morgan fingerprint density at radius 1 is 1.04 bits per heavy atom. The van der Waals surface area contributed by atoms with E-state index in [1.165, 1.54) is 12.1 Å². The summed E-state index contributed by atoms with van der Waals surface area (Å²) >= 11 is 8.20. The molecule has 3 rings (SSSR count). The van der Waals surface area contributed by atoms with E-state index in [0.29, 0.717) is 5.02 Å². The molecule has 0 amide bonds. The van der Waals surface area contributed by atoms with Gasteiger partial charge in [-0.2, -0.15) is 0 Å². The van der Waals surface area contributed by atoms with Crippen LogP contribution in [0.15, 0.2) is 82.7 Å². The molecular formula is C20H17ClIN3O2S. The van der Waals surface area contributed by atoms with Crippen molar-refractivity contribution in [3.8, 4) is 11.1 Å². The van der Waals surface area contributed by atoms with Gasteiger partial charge in [0.15, 0.2) is 0 Å². The van der Waals surface area contributed by atoms with Gasteiger partial charge < -0.3 is 5.73 Å². The maximum atomic E-state index is 12.3. The lowest BCUT2D eigenvalue weighted by atomic mass is 10.0. The van der Waals surface area contributed by atoms with Gasteiger partial charge in [0.1, 0.15) is 0 Å². The standard InChI is InChI=1S/C20H17ClIN3O2S/c21-16-9-7-15(8-10-16)18-11-6-14(12-19(18)22)13-24-20(23)25-28(26,27)17-4-2-1-3-5-17/h1-12H,13H2,(H3,23,24,25). The molecule has 0 fully saturated rings. The smallest absolute Gasteiger partial charge is 0.264 e. The number of sulfonamides is 1. The molecule has 3 aromatic carbocycles. The lowest BCUT2D eigenvalue weighted by Gasteiger charge is -2.09. The third kappa shape index (κ3) is 5.24. The summed E-state index contributed by atoms with van der Waals surface area (Å²) in [4.78, 5) is 4.28. The highest BCUT2D eigenvalue weighted by molar-refractivity contribution is 14.1. The Morgan fingerprint density at radius 3 is 2.36 bits per heavy atom. The molecule has 0 aliphatic rings. The zero-order valence-electron chi connectivity index (χ0n) is 14.6. The molecule has 0 aliphatic heterocycles. The predicted molar refractivity (Wildman–Crippen MR) is 122 cm³/mol. The van der Waals surface area contributed by atoms with Crippen molar-refractivity contribution in [2.24, 2.45) is 10.7 Å². The summed E-state index contributed by atoms with van der Waals surface area (Å²) in [5.41, 5.74) is 8.84. The van der Waals surface area contributed by atoms with Crippen LogP contribution in [0.3, 0.4) is 0 Å². The average molecular weight is 526 g/mol. The fourth-order valence-corrected chi connectivity index (χ4v) is 4.52. The molecule has 0 aromatic heterocycles. The van der Waals surface area contributed by atoms with E-state index in [0.717, 1.165) is 20.3 Å². The first kappa shape index (κ1) is 20.6. The average Bonchev–Trinajstić information content (AvgIpc) is 2.68. The van der Waals surface area contributed by atoms with Crippen molar-refractivity contribution in [2.45, 2.75) is 11.4 Å². The first-order valence-corrected chi connectivity index (χ1v) is 11.2. The van der Waals surface area contributed by atoms with Crippen LogP contribution in [0.5, 0.6) is 0 Å². The third-order valence-corrected chi connectivity index (χ3v) is 6.43. The number of benzene rings is 3. The van der Waals surface area contributed by atoms with Crippen LogP contribution in [0.2, 0.25) is 5.02 Å². The normalized spacial score (nSPS) is 12.0. The zero-order chi connectivity index (χ0) is 20.1. The van der Waals surface area contributed by atoms with Gasteiger partial charge in [0.05, 0.1) is 11.4 Å². The number of nitrogens with two attached hydrogens (primary N) is 1. The van der Waals surface area contributed by atoms with E-state index in [1.54, 1.807) is 18.2 Å². The van der Waals surface area contributed by atoms with Crippen LogP contribution in [0.4, 0.5) is 0 Å². The van der Waals surface area contributed by atoms with Crippen LogP contribution in [0, 0.1) is 3.57 Å². The highest BCUT2D eigenvalue weighted by Gasteiger charge is 2.14. The van der Waals surface area contributed by atoms with Gasteiger partial charge in [-0.25, -0.2) is 18.1 Å². The number of halogens is 2. The first-order chi connectivity index (χ1) is 13.3. The summed E-state index contributed by atoms with van der Waals surface area (Å²) in [7, 11) is -3.74. The highest BCUT2D eigenvalue weighted by Crippen LogP contribution is 2.27. The first-order valence-electron chi connectivity index (χ1n) is 8.27. The molecule has 0 bridgehead atoms. The zero-order valence-corrected chi connectivity index (χ0v) is 18.4. The van der Waals surface area contributed by atoms with Crippen LogP contribution in [-0.2, 0) is 16.6 Å². The highest BCUT2D eigenvalue weighted by atomic mass is 127. The van der Waals surface area contributed by atoms with Gasteiger partial charge in [0, 0.05) is 8.59 Å². The second-order valence-corrected chi connectivity index (χ2v) is 9.22. The lowest BCUT2D eigenvalue weighted by molar-refractivity contribution is 0.592. The summed E-state index contributed by atoms with van der Waals surface area (Å²) in [6.45, 7) is 0.264. The number of guanidine groups is 1. The maximum Gasteiger partial charge on any atom is 0.264 e. The van der Waals surface area contributed by atoms with Gasteiger partial charge in [-0.15, -0.1) is 0 Å². The molecule has 0 radical (unpaired) electrons. The van der Waals surface area contributed by atoms with E-state index in [-0.39, 0.29) is 17.4 Å². The minimum atomic E-state index is -3.74. The molecule has 144 valence electrons. The molecule has 28 heavy (non-hydrogen) atoms. The Kier molecular flexibility index (Phi) is 6.58. The third-order valence-electron chi connectivity index (χ3n) is 3.91. The molecular weight excluding hydrogens is 509 g/mol. The minimum Gasteiger partial charge on any atom is -0.369 e. The van der Waals surface area contributed by atoms with Crippen LogP contribution in [0.25, 0.3) is 11.1 Å². The summed E-state index contributed by atoms with van der Waals surface area (Å²) in [5, 5.41) is 0.693. The molecule has 0 saturated heterocycles. The maximum absolute atomic E-state index is 12.3. The number of nitrogens with one attached hydrogen (secondary N) is 1. The Morgan fingerprint density at radius 2 is 1.71 bits per heavy atom. The van der Waals surface area contributed by atoms with Crippen molar-refractivity contribution in [1.82, 2.24) is 4.72 Å². The molecule has 0 spiro atoms. The van der Waals surface area contributed by atoms with Crippen LogP contribution >= 0.6 is 34.2 Å². The van der Waals surface area contributed by atoms with Gasteiger partial charge in [-0.05, 0) is 69.6 Å². The fraction of sp³-hybridized carbons (Fsp3) is 0.0500. The summed E-state index contributed by atoms with van der Waals surface area (Å²) in [5.74, 6) is -0.152. The molecule has 0 saturated carbocycles. The van der Waals surface area contributed by atoms with Crippen molar-refractivity contribution < 1.29 is 8.42 Å². The Labute approximate surface area is 182 Å². The summed E-state index contributed by atoms with van der Waals surface area (Å²) < 4.78 is 27.8. The van der Waals surface area contributed by atoms with Crippen LogP contribution in [0.1, 0.15) is 5.56 Å². The topological polar surface area (TPSA) is 84.5 Å². The molecule has 0 atom stereocenters. The molecule has 0 unspecified atom stereocenters.